The van der Waals surface area contributed by atoms with Gasteiger partial charge >= 0.3 is 5.76 Å². The van der Waals surface area contributed by atoms with Gasteiger partial charge in [-0.2, -0.15) is 0 Å². The number of halogens is 1. The Balaban J connectivity index is 2.58. The highest BCUT2D eigenvalue weighted by molar-refractivity contribution is 6.28. The van der Waals surface area contributed by atoms with Gasteiger partial charge in [-0.15, -0.1) is 0 Å². The average Bonchev–Trinajstić information content (AvgIpc) is 2.58. The first-order valence-electron chi connectivity index (χ1n) is 3.34. The number of hydrogen-bond acceptors (Lipinski definition) is 4. The zero-order chi connectivity index (χ0) is 9.42. The fourth-order valence-electron chi connectivity index (χ4n) is 0.923. The van der Waals surface area contributed by atoms with Crippen LogP contribution in [0.3, 0.4) is 0 Å². The van der Waals surface area contributed by atoms with Crippen LogP contribution >= 0.6 is 11.6 Å². The van der Waals surface area contributed by atoms with Crippen molar-refractivity contribution in [1.29, 1.82) is 0 Å². The minimum Gasteiger partial charge on any atom is -0.492 e. The van der Waals surface area contributed by atoms with Gasteiger partial charge in [0.2, 0.25) is 11.6 Å². The monoisotopic (exact) mass is 201 g/mol. The minimum absolute atomic E-state index is 0.0584. The van der Waals surface area contributed by atoms with Crippen molar-refractivity contribution >= 4 is 11.6 Å². The van der Waals surface area contributed by atoms with E-state index in [-0.39, 0.29) is 22.6 Å². The van der Waals surface area contributed by atoms with Gasteiger partial charge in [0.15, 0.2) is 11.0 Å². The van der Waals surface area contributed by atoms with Crippen molar-refractivity contribution in [2.24, 2.45) is 0 Å². The van der Waals surface area contributed by atoms with Gasteiger partial charge < -0.3 is 13.9 Å². The first-order chi connectivity index (χ1) is 6.16. The van der Waals surface area contributed by atoms with Gasteiger partial charge in [-0.1, -0.05) is 0 Å². The molecule has 0 fully saturated rings. The molecule has 0 bridgehead atoms. The number of aromatic amines is 1. The molecule has 0 aliphatic carbocycles. The summed E-state index contributed by atoms with van der Waals surface area (Å²) in [5.41, 5.74) is 0. The molecule has 0 amide bonds. The first-order valence-corrected chi connectivity index (χ1v) is 3.72. The zero-order valence-corrected chi connectivity index (χ0v) is 6.96. The van der Waals surface area contributed by atoms with Crippen molar-refractivity contribution in [3.05, 3.63) is 27.9 Å². The van der Waals surface area contributed by atoms with Crippen LogP contribution in [0.4, 0.5) is 0 Å². The smallest absolute Gasteiger partial charge is 0.419 e. The molecular weight excluding hydrogens is 198 g/mol. The summed E-state index contributed by atoms with van der Waals surface area (Å²) in [5, 5.41) is 9.29. The van der Waals surface area contributed by atoms with E-state index in [2.05, 4.69) is 4.42 Å². The van der Waals surface area contributed by atoms with Crippen molar-refractivity contribution in [3.63, 3.8) is 0 Å². The van der Waals surface area contributed by atoms with Crippen LogP contribution in [0, 0.1) is 0 Å². The van der Waals surface area contributed by atoms with Gasteiger partial charge in [0, 0.05) is 0 Å². The maximum atomic E-state index is 10.6. The molecule has 2 rings (SSSR count). The summed E-state index contributed by atoms with van der Waals surface area (Å²) < 4.78 is 9.52. The lowest BCUT2D eigenvalue weighted by molar-refractivity contribution is 0.444. The number of aromatic hydroxyl groups is 1. The highest BCUT2D eigenvalue weighted by Crippen LogP contribution is 2.29. The van der Waals surface area contributed by atoms with Crippen molar-refractivity contribution in [3.8, 4) is 17.4 Å². The predicted molar refractivity (Wildman–Crippen MR) is 43.7 cm³/mol. The molecule has 5 nitrogen and oxygen atoms in total. The summed E-state index contributed by atoms with van der Waals surface area (Å²) in [7, 11) is 0. The van der Waals surface area contributed by atoms with Crippen LogP contribution in [-0.4, -0.2) is 10.1 Å². The topological polar surface area (TPSA) is 79.4 Å². The SMILES string of the molecule is O=c1[nH]c(O)c(-c2ccc(Cl)o2)o1. The second-order valence-corrected chi connectivity index (χ2v) is 2.67. The molecular formula is C7H4ClNO4. The Labute approximate surface area is 76.6 Å². The van der Waals surface area contributed by atoms with E-state index in [1.54, 1.807) is 0 Å². The molecule has 6 heteroatoms. The third-order valence-electron chi connectivity index (χ3n) is 1.43. The van der Waals surface area contributed by atoms with Gasteiger partial charge in [-0.3, -0.25) is 4.98 Å². The standard InChI is InChI=1S/C7H4ClNO4/c8-4-2-1-3(12-4)5-6(10)9-7(11)13-5/h1-2,10H,(H,9,11). The van der Waals surface area contributed by atoms with E-state index < -0.39 is 5.76 Å². The fraction of sp³-hybridized carbons (Fsp3) is 0. The van der Waals surface area contributed by atoms with Crippen LogP contribution in [0.25, 0.3) is 11.5 Å². The highest BCUT2D eigenvalue weighted by atomic mass is 35.5. The summed E-state index contributed by atoms with van der Waals surface area (Å²) in [6, 6.07) is 2.96. The van der Waals surface area contributed by atoms with Gasteiger partial charge in [0.05, 0.1) is 0 Å². The van der Waals surface area contributed by atoms with Gasteiger partial charge in [0.1, 0.15) is 0 Å². The highest BCUT2D eigenvalue weighted by Gasteiger charge is 2.14. The number of furan rings is 1. The molecule has 0 atom stereocenters. The normalized spacial score (nSPS) is 10.5. The van der Waals surface area contributed by atoms with E-state index in [1.807, 2.05) is 4.98 Å². The van der Waals surface area contributed by atoms with Crippen molar-refractivity contribution in [1.82, 2.24) is 4.98 Å². The maximum Gasteiger partial charge on any atom is 0.419 e. The van der Waals surface area contributed by atoms with Crippen LogP contribution in [0.2, 0.25) is 5.22 Å². The number of oxazole rings is 1. The fourth-order valence-corrected chi connectivity index (χ4v) is 1.07. The largest absolute Gasteiger partial charge is 0.492 e. The molecule has 0 spiro atoms. The molecule has 0 saturated heterocycles. The van der Waals surface area contributed by atoms with Crippen molar-refractivity contribution < 1.29 is 13.9 Å². The molecule has 2 N–H and O–H groups in total. The van der Waals surface area contributed by atoms with Crippen LogP contribution in [0.1, 0.15) is 0 Å². The van der Waals surface area contributed by atoms with Crippen LogP contribution in [0.5, 0.6) is 5.88 Å². The summed E-state index contributed by atoms with van der Waals surface area (Å²) in [6.07, 6.45) is 0. The Morgan fingerprint density at radius 1 is 1.38 bits per heavy atom. The molecule has 0 aliphatic rings. The summed E-state index contributed by atoms with van der Waals surface area (Å²) in [4.78, 5) is 12.7. The number of rotatable bonds is 1. The van der Waals surface area contributed by atoms with Gasteiger partial charge in [0.25, 0.3) is 0 Å². The van der Waals surface area contributed by atoms with E-state index in [4.69, 9.17) is 21.1 Å². The Morgan fingerprint density at radius 3 is 2.62 bits per heavy atom. The lowest BCUT2D eigenvalue weighted by Gasteiger charge is -1.88. The quantitative estimate of drug-likeness (QED) is 0.734. The lowest BCUT2D eigenvalue weighted by Crippen LogP contribution is -1.92. The Kier molecular flexibility index (Phi) is 1.66. The molecule has 13 heavy (non-hydrogen) atoms. The van der Waals surface area contributed by atoms with Crippen LogP contribution < -0.4 is 5.76 Å². The second-order valence-electron chi connectivity index (χ2n) is 2.30. The van der Waals surface area contributed by atoms with E-state index in [0.717, 1.165) is 0 Å². The molecule has 2 aromatic rings. The molecule has 68 valence electrons. The van der Waals surface area contributed by atoms with E-state index >= 15 is 0 Å². The van der Waals surface area contributed by atoms with Crippen LogP contribution in [0.15, 0.2) is 25.8 Å². The Morgan fingerprint density at radius 2 is 2.15 bits per heavy atom. The third-order valence-corrected chi connectivity index (χ3v) is 1.63. The molecule has 2 aromatic heterocycles. The molecule has 0 unspecified atom stereocenters. The average molecular weight is 202 g/mol. The summed E-state index contributed by atoms with van der Waals surface area (Å²) >= 11 is 5.49. The lowest BCUT2D eigenvalue weighted by atomic mass is 10.4. The van der Waals surface area contributed by atoms with E-state index in [1.165, 1.54) is 12.1 Å². The molecule has 0 saturated carbocycles. The van der Waals surface area contributed by atoms with Crippen LogP contribution in [-0.2, 0) is 0 Å². The summed E-state index contributed by atoms with van der Waals surface area (Å²) in [6.45, 7) is 0. The number of nitrogens with one attached hydrogen (secondary N) is 1. The Bertz CT molecular complexity index is 481. The van der Waals surface area contributed by atoms with E-state index in [0.29, 0.717) is 0 Å². The van der Waals surface area contributed by atoms with E-state index in [9.17, 15) is 4.79 Å². The Hall–Kier alpha value is -1.62. The predicted octanol–water partition coefficient (Wildman–Crippen LogP) is 1.59. The number of hydrogen-bond donors (Lipinski definition) is 2. The van der Waals surface area contributed by atoms with Crippen molar-refractivity contribution in [2.45, 2.75) is 0 Å². The molecule has 0 aliphatic heterocycles. The minimum atomic E-state index is -0.750. The molecule has 2 heterocycles. The molecule has 0 radical (unpaired) electrons. The van der Waals surface area contributed by atoms with Crippen molar-refractivity contribution in [2.75, 3.05) is 0 Å². The van der Waals surface area contributed by atoms with Gasteiger partial charge in [-0.25, -0.2) is 4.79 Å². The number of H-pyrrole nitrogens is 1. The zero-order valence-electron chi connectivity index (χ0n) is 6.20. The third kappa shape index (κ3) is 1.33. The first kappa shape index (κ1) is 8.00. The second kappa shape index (κ2) is 2.70. The summed E-state index contributed by atoms with van der Waals surface area (Å²) in [5.74, 6) is -0.992. The van der Waals surface area contributed by atoms with Gasteiger partial charge in [-0.05, 0) is 23.7 Å². The number of aromatic nitrogens is 1. The molecule has 0 aromatic carbocycles. The maximum absolute atomic E-state index is 10.6.